The highest BCUT2D eigenvalue weighted by Crippen LogP contribution is 2.44. The average Bonchev–Trinajstić information content (AvgIpc) is 3.15. The molecule has 0 nitrogen and oxygen atoms in total. The molecule has 0 spiro atoms. The van der Waals surface area contributed by atoms with Crippen LogP contribution in [0.1, 0.15) is 5.56 Å². The summed E-state index contributed by atoms with van der Waals surface area (Å²) in [6.07, 6.45) is 0. The average molecular weight is 678 g/mol. The monoisotopic (exact) mass is 676 g/mol. The molecule has 48 heavy (non-hydrogen) atoms. The molecule has 9 aromatic rings. The molecule has 0 heterocycles. The van der Waals surface area contributed by atoms with E-state index in [4.69, 9.17) is 0 Å². The summed E-state index contributed by atoms with van der Waals surface area (Å²) in [6, 6.07) is 65.0. The Balaban J connectivity index is 0.000000145. The van der Waals surface area contributed by atoms with Gasteiger partial charge in [-0.05, 0) is 99.3 Å². The van der Waals surface area contributed by atoms with Crippen molar-refractivity contribution in [1.29, 1.82) is 0 Å². The van der Waals surface area contributed by atoms with E-state index in [0.717, 1.165) is 0 Å². The van der Waals surface area contributed by atoms with Crippen LogP contribution in [0.5, 0.6) is 0 Å². The van der Waals surface area contributed by atoms with Gasteiger partial charge in [0.25, 0.3) is 0 Å². The van der Waals surface area contributed by atoms with Gasteiger partial charge >= 0.3 is 0 Å². The van der Waals surface area contributed by atoms with Crippen LogP contribution in [0.3, 0.4) is 0 Å². The molecule has 0 radical (unpaired) electrons. The van der Waals surface area contributed by atoms with E-state index in [2.05, 4.69) is 205 Å². The highest BCUT2D eigenvalue weighted by atomic mass is 79.9. The van der Waals surface area contributed by atoms with Crippen molar-refractivity contribution in [1.82, 2.24) is 0 Å². The Kier molecular flexibility index (Phi) is 8.06. The first-order valence-corrected chi connectivity index (χ1v) is 17.2. The van der Waals surface area contributed by atoms with Crippen LogP contribution in [0, 0.1) is 6.92 Å². The minimum absolute atomic E-state index is 1.17. The summed E-state index contributed by atoms with van der Waals surface area (Å²) in [6.45, 7) is 2.14. The van der Waals surface area contributed by atoms with Crippen LogP contribution in [-0.2, 0) is 0 Å². The molecule has 0 atom stereocenters. The van der Waals surface area contributed by atoms with Crippen molar-refractivity contribution in [3.63, 3.8) is 0 Å². The van der Waals surface area contributed by atoms with Crippen LogP contribution in [0.15, 0.2) is 186 Å². The van der Waals surface area contributed by atoms with Gasteiger partial charge in [-0.25, -0.2) is 0 Å². The number of rotatable bonds is 3. The predicted molar refractivity (Wildman–Crippen MR) is 212 cm³/mol. The maximum absolute atomic E-state index is 3.79. The first-order chi connectivity index (χ1) is 23.7. The Morgan fingerprint density at radius 1 is 0.271 bits per heavy atom. The molecule has 1 heteroatoms. The second-order valence-electron chi connectivity index (χ2n) is 12.2. The van der Waals surface area contributed by atoms with E-state index in [0.29, 0.717) is 0 Å². The van der Waals surface area contributed by atoms with E-state index in [-0.39, 0.29) is 0 Å². The van der Waals surface area contributed by atoms with Gasteiger partial charge in [0.05, 0.1) is 0 Å². The number of hydrogen-bond donors (Lipinski definition) is 0. The van der Waals surface area contributed by atoms with E-state index in [9.17, 15) is 0 Å². The minimum Gasteiger partial charge on any atom is -0.0622 e. The van der Waals surface area contributed by atoms with Crippen molar-refractivity contribution >= 4 is 59.0 Å². The Bertz CT molecular complexity index is 2430. The third kappa shape index (κ3) is 5.37. The molecule has 0 aliphatic heterocycles. The fraction of sp³-hybridized carbons (Fsp3) is 0.0213. The third-order valence-corrected chi connectivity index (χ3v) is 10.1. The van der Waals surface area contributed by atoms with Crippen molar-refractivity contribution < 1.29 is 0 Å². The molecular weight excluding hydrogens is 644 g/mol. The molecule has 0 aliphatic rings. The van der Waals surface area contributed by atoms with E-state index in [1.165, 1.54) is 86.5 Å². The number of fused-ring (bicyclic) bond motifs is 4. The molecular formula is C47H33Br. The first kappa shape index (κ1) is 29.9. The highest BCUT2D eigenvalue weighted by Gasteiger charge is 2.16. The van der Waals surface area contributed by atoms with Gasteiger partial charge < -0.3 is 0 Å². The summed E-state index contributed by atoms with van der Waals surface area (Å²) in [5, 5.41) is 10.3. The van der Waals surface area contributed by atoms with Crippen LogP contribution >= 0.6 is 15.9 Å². The molecule has 0 fully saturated rings. The zero-order valence-electron chi connectivity index (χ0n) is 26.7. The SMILES string of the molecule is Brc1c2ccccc2c(-c2ccccc2)c2ccccc12.Cc1ccc(-c2c3ccccc3c(-c3ccccc3)c3ccccc23)cc1. The molecule has 0 N–H and O–H groups in total. The summed E-state index contributed by atoms with van der Waals surface area (Å²) >= 11 is 3.79. The molecule has 9 aromatic carbocycles. The number of benzene rings is 9. The van der Waals surface area contributed by atoms with E-state index < -0.39 is 0 Å². The third-order valence-electron chi connectivity index (χ3n) is 9.26. The van der Waals surface area contributed by atoms with Gasteiger partial charge in [0.1, 0.15) is 0 Å². The first-order valence-electron chi connectivity index (χ1n) is 16.4. The fourth-order valence-electron chi connectivity index (χ4n) is 7.07. The summed E-state index contributed by atoms with van der Waals surface area (Å²) in [7, 11) is 0. The van der Waals surface area contributed by atoms with Crippen molar-refractivity contribution in [3.8, 4) is 33.4 Å². The Morgan fingerprint density at radius 2 is 0.521 bits per heavy atom. The second-order valence-corrected chi connectivity index (χ2v) is 13.0. The largest absolute Gasteiger partial charge is 0.0622 e. The number of hydrogen-bond acceptors (Lipinski definition) is 0. The predicted octanol–water partition coefficient (Wildman–Crippen LogP) is 14.1. The van der Waals surface area contributed by atoms with Crippen LogP contribution in [0.4, 0.5) is 0 Å². The number of halogens is 1. The minimum atomic E-state index is 1.17. The second kappa shape index (κ2) is 13.0. The van der Waals surface area contributed by atoms with Crippen molar-refractivity contribution in [2.45, 2.75) is 6.92 Å². The summed E-state index contributed by atoms with van der Waals surface area (Å²) < 4.78 is 1.17. The Morgan fingerprint density at radius 3 is 0.854 bits per heavy atom. The van der Waals surface area contributed by atoms with Gasteiger partial charge in [-0.1, -0.05) is 188 Å². The summed E-state index contributed by atoms with van der Waals surface area (Å²) in [5.41, 5.74) is 9.03. The van der Waals surface area contributed by atoms with E-state index in [1.807, 2.05) is 0 Å². The molecule has 0 saturated carbocycles. The highest BCUT2D eigenvalue weighted by molar-refractivity contribution is 9.10. The topological polar surface area (TPSA) is 0 Å². The molecule has 0 aliphatic carbocycles. The smallest absolute Gasteiger partial charge is 0.0332 e. The van der Waals surface area contributed by atoms with Crippen LogP contribution < -0.4 is 0 Å². The van der Waals surface area contributed by atoms with Crippen molar-refractivity contribution in [3.05, 3.63) is 192 Å². The van der Waals surface area contributed by atoms with E-state index >= 15 is 0 Å². The summed E-state index contributed by atoms with van der Waals surface area (Å²) in [4.78, 5) is 0. The summed E-state index contributed by atoms with van der Waals surface area (Å²) in [5.74, 6) is 0. The molecule has 0 aromatic heterocycles. The van der Waals surface area contributed by atoms with Gasteiger partial charge in [0.2, 0.25) is 0 Å². The number of aryl methyl sites for hydroxylation is 1. The lowest BCUT2D eigenvalue weighted by molar-refractivity contribution is 1.47. The van der Waals surface area contributed by atoms with Crippen LogP contribution in [0.25, 0.3) is 76.5 Å². The normalized spacial score (nSPS) is 11.1. The zero-order chi connectivity index (χ0) is 32.5. The van der Waals surface area contributed by atoms with Crippen LogP contribution in [-0.4, -0.2) is 0 Å². The van der Waals surface area contributed by atoms with Gasteiger partial charge in [-0.3, -0.25) is 0 Å². The quantitative estimate of drug-likeness (QED) is 0.163. The lowest BCUT2D eigenvalue weighted by atomic mass is 9.86. The standard InChI is InChI=1S/C27H20.C20H13Br/c1-19-15-17-21(18-16-19)27-24-13-7-5-11-22(24)26(20-9-3-2-4-10-20)23-12-6-8-14-25(23)27;21-20-17-12-6-4-10-15(17)19(14-8-2-1-3-9-14)16-11-5-7-13-18(16)20/h2-18H,1H3;1-13H. The van der Waals surface area contributed by atoms with Gasteiger partial charge in [0, 0.05) is 4.47 Å². The van der Waals surface area contributed by atoms with Crippen LogP contribution in [0.2, 0.25) is 0 Å². The fourth-order valence-corrected chi connectivity index (χ4v) is 7.76. The molecule has 0 bridgehead atoms. The van der Waals surface area contributed by atoms with Gasteiger partial charge in [0.15, 0.2) is 0 Å². The van der Waals surface area contributed by atoms with Crippen molar-refractivity contribution in [2.24, 2.45) is 0 Å². The van der Waals surface area contributed by atoms with E-state index in [1.54, 1.807) is 0 Å². The maximum Gasteiger partial charge on any atom is 0.0332 e. The molecule has 0 saturated heterocycles. The maximum atomic E-state index is 3.79. The lowest BCUT2D eigenvalue weighted by Gasteiger charge is -2.17. The molecule has 0 unspecified atom stereocenters. The lowest BCUT2D eigenvalue weighted by Crippen LogP contribution is -1.90. The van der Waals surface area contributed by atoms with Gasteiger partial charge in [-0.15, -0.1) is 0 Å². The van der Waals surface area contributed by atoms with Crippen molar-refractivity contribution in [2.75, 3.05) is 0 Å². The molecule has 0 amide bonds. The Labute approximate surface area is 290 Å². The Hall–Kier alpha value is -5.50. The zero-order valence-corrected chi connectivity index (χ0v) is 28.3. The molecule has 9 rings (SSSR count). The van der Waals surface area contributed by atoms with Gasteiger partial charge in [-0.2, -0.15) is 0 Å². The molecule has 228 valence electrons.